The zero-order valence-corrected chi connectivity index (χ0v) is 29.8. The van der Waals surface area contributed by atoms with E-state index in [4.69, 9.17) is 23.3 Å². The lowest BCUT2D eigenvalue weighted by Gasteiger charge is -2.26. The van der Waals surface area contributed by atoms with Crippen molar-refractivity contribution in [2.75, 3.05) is 13.7 Å². The molecule has 3 N–H and O–H groups in total. The number of hydrogen-bond donors (Lipinski definition) is 3. The summed E-state index contributed by atoms with van der Waals surface area (Å²) in [4.78, 5) is 63.6. The van der Waals surface area contributed by atoms with Crippen LogP contribution >= 0.6 is 7.75 Å². The van der Waals surface area contributed by atoms with E-state index in [-0.39, 0.29) is 5.75 Å². The van der Waals surface area contributed by atoms with Crippen LogP contribution in [0.15, 0.2) is 82.5 Å². The van der Waals surface area contributed by atoms with Crippen LogP contribution in [0.25, 0.3) is 0 Å². The van der Waals surface area contributed by atoms with Crippen LogP contribution < -0.4 is 26.2 Å². The van der Waals surface area contributed by atoms with Crippen LogP contribution in [0.3, 0.4) is 0 Å². The van der Waals surface area contributed by atoms with Gasteiger partial charge in [-0.25, -0.2) is 27.9 Å². The molecule has 17 nitrogen and oxygen atoms in total. The molecule has 3 aromatic rings. The number of aliphatic hydroxyl groups excluding tert-OH is 1. The number of hydrogen-bond acceptors (Lipinski definition) is 13. The lowest BCUT2D eigenvalue weighted by Crippen LogP contribution is -2.47. The van der Waals surface area contributed by atoms with E-state index in [9.17, 15) is 33.6 Å². The number of carbonyl (C=O) groups is 3. The first-order valence-corrected chi connectivity index (χ1v) is 17.5. The molecular weight excluding hydrogens is 710 g/mol. The van der Waals surface area contributed by atoms with E-state index in [1.165, 1.54) is 31.2 Å². The maximum Gasteiger partial charge on any atom is 0.459 e. The number of rotatable bonds is 15. The number of methoxy groups -OCH3 is 1. The maximum absolute atomic E-state index is 16.2. The average molecular weight is 751 g/mol. The van der Waals surface area contributed by atoms with E-state index in [1.54, 1.807) is 50.2 Å². The molecule has 0 aliphatic carbocycles. The fourth-order valence-electron chi connectivity index (χ4n) is 5.00. The summed E-state index contributed by atoms with van der Waals surface area (Å²) in [5.41, 5.74) is -4.51. The Balaban J connectivity index is 1.53. The third kappa shape index (κ3) is 9.71. The van der Waals surface area contributed by atoms with Crippen molar-refractivity contribution in [3.63, 3.8) is 0 Å². The highest BCUT2D eigenvalue weighted by Gasteiger charge is 2.56. The van der Waals surface area contributed by atoms with Crippen molar-refractivity contribution < 1.29 is 56.4 Å². The van der Waals surface area contributed by atoms with Crippen LogP contribution in [0, 0.1) is 0 Å². The SMILES string of the molecule is COC(=O)N[C@@H](C(=O)OCn1c(=O)ccn([C@@H]2O[C@H](COP(=O)(N[C@@H](C)C(=O)OC(C)C)Oc3ccccc3)[C@@H](O)[C@@]2(C)F)c1=O)c1ccccc1. The van der Waals surface area contributed by atoms with Crippen molar-refractivity contribution in [2.24, 2.45) is 0 Å². The lowest BCUT2D eigenvalue weighted by atomic mass is 9.98. The van der Waals surface area contributed by atoms with Crippen molar-refractivity contribution in [1.82, 2.24) is 19.5 Å². The van der Waals surface area contributed by atoms with Crippen LogP contribution in [-0.4, -0.2) is 76.0 Å². The van der Waals surface area contributed by atoms with Gasteiger partial charge in [0.05, 0.1) is 19.8 Å². The quantitative estimate of drug-likeness (QED) is 0.116. The lowest BCUT2D eigenvalue weighted by molar-refractivity contribution is -0.150. The molecule has 0 spiro atoms. The minimum Gasteiger partial charge on any atom is -0.462 e. The summed E-state index contributed by atoms with van der Waals surface area (Å²) in [5.74, 6) is -1.73. The van der Waals surface area contributed by atoms with Crippen molar-refractivity contribution in [2.45, 2.75) is 76.7 Å². The number of carbonyl (C=O) groups excluding carboxylic acids is 3. The van der Waals surface area contributed by atoms with Crippen LogP contribution in [0.1, 0.15) is 45.5 Å². The molecule has 1 fully saturated rings. The zero-order chi connectivity index (χ0) is 38.2. The van der Waals surface area contributed by atoms with Gasteiger partial charge in [-0.3, -0.25) is 18.7 Å². The van der Waals surface area contributed by atoms with E-state index in [0.717, 1.165) is 26.3 Å². The number of nitrogens with one attached hydrogen (secondary N) is 2. The van der Waals surface area contributed by atoms with Crippen LogP contribution in [0.4, 0.5) is 9.18 Å². The highest BCUT2D eigenvalue weighted by Crippen LogP contribution is 2.47. The predicted octanol–water partition coefficient (Wildman–Crippen LogP) is 2.73. The first-order valence-electron chi connectivity index (χ1n) is 15.9. The number of alkyl halides is 1. The van der Waals surface area contributed by atoms with E-state index in [1.807, 2.05) is 0 Å². The Morgan fingerprint density at radius 3 is 2.27 bits per heavy atom. The first-order chi connectivity index (χ1) is 24.6. The van der Waals surface area contributed by atoms with Gasteiger partial charge in [0.25, 0.3) is 5.56 Å². The molecule has 282 valence electrons. The van der Waals surface area contributed by atoms with Crippen molar-refractivity contribution in [3.05, 3.63) is 99.3 Å². The molecule has 4 rings (SSSR count). The molecule has 1 aromatic heterocycles. The van der Waals surface area contributed by atoms with Gasteiger partial charge in [0.1, 0.15) is 24.0 Å². The first kappa shape index (κ1) is 39.9. The van der Waals surface area contributed by atoms with E-state index in [0.29, 0.717) is 14.7 Å². The molecule has 1 aliphatic rings. The van der Waals surface area contributed by atoms with E-state index in [2.05, 4.69) is 15.1 Å². The fourth-order valence-corrected chi connectivity index (χ4v) is 6.50. The van der Waals surface area contributed by atoms with Crippen LogP contribution in [0.2, 0.25) is 0 Å². The minimum absolute atomic E-state index is 0.0922. The number of para-hydroxylation sites is 1. The third-order valence-electron chi connectivity index (χ3n) is 7.65. The highest BCUT2D eigenvalue weighted by molar-refractivity contribution is 7.52. The van der Waals surface area contributed by atoms with Crippen molar-refractivity contribution >= 4 is 25.8 Å². The molecule has 7 atom stereocenters. The van der Waals surface area contributed by atoms with Gasteiger partial charge in [-0.1, -0.05) is 48.5 Å². The molecule has 0 saturated carbocycles. The Morgan fingerprint density at radius 1 is 1.02 bits per heavy atom. The molecule has 0 radical (unpaired) electrons. The standard InChI is InChI=1S/C33H40FN4O13P/c1-20(2)49-28(41)21(3)36-52(45,51-23-14-10-7-11-15-23)48-18-24-27(40)33(4,34)30(50-24)37-17-16-25(39)38(32(37)44)19-47-29(42)26(35-31(43)46-5)22-12-8-6-9-13-22/h6-17,20-21,24,26-27,30,40H,18-19H2,1-5H3,(H,35,43)(H,36,45)/t21-,24+,26+,27+,30+,33+,52?/m0/s1. The Bertz CT molecular complexity index is 1870. The second kappa shape index (κ2) is 17.1. The van der Waals surface area contributed by atoms with Gasteiger partial charge in [0, 0.05) is 12.3 Å². The number of benzene rings is 2. The van der Waals surface area contributed by atoms with Crippen molar-refractivity contribution in [1.29, 1.82) is 0 Å². The van der Waals surface area contributed by atoms with Crippen molar-refractivity contribution in [3.8, 4) is 5.75 Å². The Hall–Kier alpha value is -4.87. The number of aromatic nitrogens is 2. The number of esters is 2. The molecule has 2 aromatic carbocycles. The normalized spacial score (nSPS) is 22.1. The largest absolute Gasteiger partial charge is 0.462 e. The molecule has 1 amide bonds. The maximum atomic E-state index is 16.2. The smallest absolute Gasteiger partial charge is 0.459 e. The summed E-state index contributed by atoms with van der Waals surface area (Å²) in [6, 6.07) is 14.1. The Kier molecular flexibility index (Phi) is 13.1. The number of ether oxygens (including phenoxy) is 4. The van der Waals surface area contributed by atoms with Gasteiger partial charge in [-0.2, -0.15) is 5.09 Å². The summed E-state index contributed by atoms with van der Waals surface area (Å²) >= 11 is 0. The zero-order valence-electron chi connectivity index (χ0n) is 28.9. The number of alkyl carbamates (subject to hydrolysis) is 1. The molecule has 1 unspecified atom stereocenters. The number of amides is 1. The Labute approximate surface area is 297 Å². The van der Waals surface area contributed by atoms with Crippen LogP contribution in [0.5, 0.6) is 5.75 Å². The molecule has 0 bridgehead atoms. The van der Waals surface area contributed by atoms with Gasteiger partial charge in [-0.05, 0) is 45.4 Å². The second-order valence-corrected chi connectivity index (χ2v) is 13.7. The topological polar surface area (TPSA) is 212 Å². The van der Waals surface area contributed by atoms with E-state index < -0.39 is 92.7 Å². The third-order valence-corrected chi connectivity index (χ3v) is 9.30. The minimum atomic E-state index is -4.45. The van der Waals surface area contributed by atoms with Gasteiger partial charge in [0.15, 0.2) is 24.7 Å². The molecule has 52 heavy (non-hydrogen) atoms. The summed E-state index contributed by atoms with van der Waals surface area (Å²) < 4.78 is 63.0. The summed E-state index contributed by atoms with van der Waals surface area (Å²) in [6.07, 6.45) is -5.91. The molecule has 19 heteroatoms. The van der Waals surface area contributed by atoms with Gasteiger partial charge < -0.3 is 33.9 Å². The number of halogens is 1. The summed E-state index contributed by atoms with van der Waals surface area (Å²) in [7, 11) is -3.36. The number of nitrogens with zero attached hydrogens (tertiary/aromatic N) is 2. The van der Waals surface area contributed by atoms with Crippen LogP contribution in [-0.2, 0) is 44.4 Å². The van der Waals surface area contributed by atoms with Gasteiger partial charge >= 0.3 is 31.5 Å². The molecular formula is C33H40FN4O13P. The van der Waals surface area contributed by atoms with Gasteiger partial charge in [-0.15, -0.1) is 0 Å². The summed E-state index contributed by atoms with van der Waals surface area (Å²) in [6.45, 7) is 3.84. The molecule has 2 heterocycles. The predicted molar refractivity (Wildman–Crippen MR) is 180 cm³/mol. The fraction of sp³-hybridized carbons (Fsp3) is 0.424. The van der Waals surface area contributed by atoms with E-state index >= 15 is 4.39 Å². The average Bonchev–Trinajstić information content (AvgIpc) is 3.33. The molecule has 1 saturated heterocycles. The summed E-state index contributed by atoms with van der Waals surface area (Å²) in [5, 5.41) is 15.7. The second-order valence-electron chi connectivity index (χ2n) is 12.0. The monoisotopic (exact) mass is 750 g/mol. The molecule has 1 aliphatic heterocycles. The van der Waals surface area contributed by atoms with Gasteiger partial charge in [0.2, 0.25) is 0 Å². The Morgan fingerprint density at radius 2 is 1.65 bits per heavy atom. The number of aliphatic hydroxyl groups is 1. The highest BCUT2D eigenvalue weighted by atomic mass is 31.2.